The molecule has 4 rings (SSSR count). The normalized spacial score (nSPS) is 14.3. The summed E-state index contributed by atoms with van der Waals surface area (Å²) in [6.45, 7) is 8.59. The molecule has 4 amide bonds. The molecule has 1 saturated heterocycles. The third-order valence-electron chi connectivity index (χ3n) is 5.71. The van der Waals surface area contributed by atoms with Crippen LogP contribution in [0.1, 0.15) is 23.6 Å². The standard InChI is InChI=1S/C30H27IN2O6/c1-4-14-38-27-25(31)16-21(17-26(27)37-5-2)15-24-28(34)32-30(36)33(29(24)35)22-10-12-23(13-11-22)39-18-20-8-6-19(3)7-9-20/h4,6-13,15-17H,1,5,14,18H2,2-3H3,(H,32,34,36)/b24-15+. The molecule has 1 aliphatic heterocycles. The first-order chi connectivity index (χ1) is 18.8. The Balaban J connectivity index is 1.56. The minimum Gasteiger partial charge on any atom is -0.490 e. The Hall–Kier alpha value is -4.12. The summed E-state index contributed by atoms with van der Waals surface area (Å²) in [7, 11) is 0. The number of hydrogen-bond donors (Lipinski definition) is 1. The fraction of sp³-hybridized carbons (Fsp3) is 0.167. The van der Waals surface area contributed by atoms with E-state index in [9.17, 15) is 14.4 Å². The number of imide groups is 2. The zero-order valence-corrected chi connectivity index (χ0v) is 23.7. The minimum atomic E-state index is -0.826. The predicted molar refractivity (Wildman–Crippen MR) is 157 cm³/mol. The van der Waals surface area contributed by atoms with Gasteiger partial charge in [-0.25, -0.2) is 9.69 Å². The number of nitrogens with one attached hydrogen (secondary N) is 1. The predicted octanol–water partition coefficient (Wildman–Crippen LogP) is 5.81. The summed E-state index contributed by atoms with van der Waals surface area (Å²) < 4.78 is 18.0. The van der Waals surface area contributed by atoms with Gasteiger partial charge >= 0.3 is 6.03 Å². The maximum Gasteiger partial charge on any atom is 0.335 e. The van der Waals surface area contributed by atoms with E-state index >= 15 is 0 Å². The molecule has 0 bridgehead atoms. The van der Waals surface area contributed by atoms with Crippen LogP contribution < -0.4 is 24.4 Å². The number of rotatable bonds is 10. The fourth-order valence-corrected chi connectivity index (χ4v) is 4.60. The number of ether oxygens (including phenoxy) is 3. The number of carbonyl (C=O) groups is 3. The van der Waals surface area contributed by atoms with Crippen LogP contribution in [0.5, 0.6) is 17.2 Å². The van der Waals surface area contributed by atoms with Gasteiger partial charge in [-0.05, 0) is 90.0 Å². The van der Waals surface area contributed by atoms with E-state index in [0.717, 1.165) is 14.0 Å². The van der Waals surface area contributed by atoms with Crippen molar-refractivity contribution in [3.05, 3.63) is 99.2 Å². The van der Waals surface area contributed by atoms with Gasteiger partial charge in [0.2, 0.25) is 0 Å². The van der Waals surface area contributed by atoms with Gasteiger partial charge in [0.1, 0.15) is 24.5 Å². The lowest BCUT2D eigenvalue weighted by Gasteiger charge is -2.26. The molecule has 0 radical (unpaired) electrons. The van der Waals surface area contributed by atoms with Crippen LogP contribution >= 0.6 is 22.6 Å². The van der Waals surface area contributed by atoms with Crippen molar-refractivity contribution in [3.63, 3.8) is 0 Å². The van der Waals surface area contributed by atoms with Crippen LogP contribution in [0.3, 0.4) is 0 Å². The number of nitrogens with zero attached hydrogens (tertiary/aromatic N) is 1. The first-order valence-corrected chi connectivity index (χ1v) is 13.3. The number of amides is 4. The van der Waals surface area contributed by atoms with Crippen molar-refractivity contribution in [2.75, 3.05) is 18.1 Å². The van der Waals surface area contributed by atoms with Gasteiger partial charge in [-0.15, -0.1) is 0 Å². The lowest BCUT2D eigenvalue weighted by molar-refractivity contribution is -0.122. The first kappa shape index (κ1) is 27.9. The maximum absolute atomic E-state index is 13.4. The van der Waals surface area contributed by atoms with Crippen LogP contribution in [0.15, 0.2) is 78.9 Å². The van der Waals surface area contributed by atoms with E-state index in [4.69, 9.17) is 14.2 Å². The van der Waals surface area contributed by atoms with Gasteiger partial charge in [-0.2, -0.15) is 0 Å². The molecule has 1 aliphatic rings. The Morgan fingerprint density at radius 1 is 0.974 bits per heavy atom. The summed E-state index contributed by atoms with van der Waals surface area (Å²) in [5, 5.41) is 2.25. The molecular formula is C30H27IN2O6. The average Bonchev–Trinajstić information content (AvgIpc) is 2.91. The van der Waals surface area contributed by atoms with Crippen LogP contribution in [-0.4, -0.2) is 31.1 Å². The molecule has 0 saturated carbocycles. The van der Waals surface area contributed by atoms with E-state index in [-0.39, 0.29) is 5.57 Å². The molecule has 3 aromatic carbocycles. The summed E-state index contributed by atoms with van der Waals surface area (Å²) in [5.41, 5.74) is 2.84. The second kappa shape index (κ2) is 12.6. The molecule has 0 spiro atoms. The zero-order chi connectivity index (χ0) is 27.9. The van der Waals surface area contributed by atoms with Gasteiger partial charge < -0.3 is 14.2 Å². The molecule has 3 aromatic rings. The van der Waals surface area contributed by atoms with Gasteiger partial charge in [-0.3, -0.25) is 14.9 Å². The van der Waals surface area contributed by atoms with Crippen molar-refractivity contribution in [3.8, 4) is 17.2 Å². The van der Waals surface area contributed by atoms with E-state index in [1.54, 1.807) is 42.5 Å². The molecule has 0 unspecified atom stereocenters. The summed E-state index contributed by atoms with van der Waals surface area (Å²) >= 11 is 2.10. The SMILES string of the molecule is C=CCOc1c(I)cc(/C=C2\C(=O)NC(=O)N(c3ccc(OCc4ccc(C)cc4)cc3)C2=O)cc1OCC. The summed E-state index contributed by atoms with van der Waals surface area (Å²) in [6.07, 6.45) is 3.05. The number of benzene rings is 3. The van der Waals surface area contributed by atoms with Crippen LogP contribution in [0, 0.1) is 10.5 Å². The topological polar surface area (TPSA) is 94.2 Å². The largest absolute Gasteiger partial charge is 0.490 e. The quantitative estimate of drug-likeness (QED) is 0.131. The molecule has 1 fully saturated rings. The molecule has 1 heterocycles. The smallest absolute Gasteiger partial charge is 0.335 e. The van der Waals surface area contributed by atoms with E-state index in [0.29, 0.717) is 48.3 Å². The molecular weight excluding hydrogens is 611 g/mol. The van der Waals surface area contributed by atoms with E-state index in [1.165, 1.54) is 11.6 Å². The second-order valence-corrected chi connectivity index (χ2v) is 9.75. The summed E-state index contributed by atoms with van der Waals surface area (Å²) in [5.74, 6) is 0.0699. The molecule has 1 N–H and O–H groups in total. The summed E-state index contributed by atoms with van der Waals surface area (Å²) in [4.78, 5) is 39.6. The number of halogens is 1. The first-order valence-electron chi connectivity index (χ1n) is 12.2. The monoisotopic (exact) mass is 638 g/mol. The van der Waals surface area contributed by atoms with Crippen molar-refractivity contribution >= 4 is 52.2 Å². The van der Waals surface area contributed by atoms with Crippen molar-refractivity contribution in [1.82, 2.24) is 5.32 Å². The van der Waals surface area contributed by atoms with Crippen molar-refractivity contribution in [1.29, 1.82) is 0 Å². The Morgan fingerprint density at radius 2 is 1.69 bits per heavy atom. The Morgan fingerprint density at radius 3 is 2.36 bits per heavy atom. The highest BCUT2D eigenvalue weighted by atomic mass is 127. The van der Waals surface area contributed by atoms with Crippen molar-refractivity contribution in [2.24, 2.45) is 0 Å². The lowest BCUT2D eigenvalue weighted by Crippen LogP contribution is -2.54. The second-order valence-electron chi connectivity index (χ2n) is 8.59. The highest BCUT2D eigenvalue weighted by molar-refractivity contribution is 14.1. The van der Waals surface area contributed by atoms with Gasteiger partial charge in [0.25, 0.3) is 11.8 Å². The third-order valence-corrected chi connectivity index (χ3v) is 6.51. The number of anilines is 1. The number of hydrogen-bond acceptors (Lipinski definition) is 6. The number of barbiturate groups is 1. The Labute approximate surface area is 240 Å². The molecule has 8 nitrogen and oxygen atoms in total. The molecule has 0 aromatic heterocycles. The van der Waals surface area contributed by atoms with Gasteiger partial charge in [0.15, 0.2) is 11.5 Å². The van der Waals surface area contributed by atoms with E-state index in [1.807, 2.05) is 38.1 Å². The fourth-order valence-electron chi connectivity index (χ4n) is 3.82. The average molecular weight is 638 g/mol. The molecule has 39 heavy (non-hydrogen) atoms. The third kappa shape index (κ3) is 6.66. The zero-order valence-electron chi connectivity index (χ0n) is 21.5. The number of aryl methyl sites for hydroxylation is 1. The molecule has 0 aliphatic carbocycles. The van der Waals surface area contributed by atoms with Crippen LogP contribution in [0.25, 0.3) is 6.08 Å². The van der Waals surface area contributed by atoms with Crippen molar-refractivity contribution in [2.45, 2.75) is 20.5 Å². The molecule has 200 valence electrons. The molecule has 0 atom stereocenters. The maximum atomic E-state index is 13.4. The summed E-state index contributed by atoms with van der Waals surface area (Å²) in [6, 6.07) is 17.1. The van der Waals surface area contributed by atoms with Crippen LogP contribution in [-0.2, 0) is 16.2 Å². The van der Waals surface area contributed by atoms with E-state index in [2.05, 4.69) is 34.5 Å². The Bertz CT molecular complexity index is 1430. The Kier molecular flexibility index (Phi) is 9.03. The van der Waals surface area contributed by atoms with E-state index < -0.39 is 17.8 Å². The molecule has 9 heteroatoms. The van der Waals surface area contributed by atoms with Crippen molar-refractivity contribution < 1.29 is 28.6 Å². The van der Waals surface area contributed by atoms with Gasteiger partial charge in [0.05, 0.1) is 15.9 Å². The number of carbonyl (C=O) groups excluding carboxylic acids is 3. The minimum absolute atomic E-state index is 0.188. The highest BCUT2D eigenvalue weighted by Gasteiger charge is 2.37. The van der Waals surface area contributed by atoms with Crippen LogP contribution in [0.4, 0.5) is 10.5 Å². The van der Waals surface area contributed by atoms with Crippen LogP contribution in [0.2, 0.25) is 0 Å². The number of urea groups is 1. The lowest BCUT2D eigenvalue weighted by atomic mass is 10.1. The van der Waals surface area contributed by atoms with Gasteiger partial charge in [-0.1, -0.05) is 42.5 Å². The highest BCUT2D eigenvalue weighted by Crippen LogP contribution is 2.35. The van der Waals surface area contributed by atoms with Gasteiger partial charge in [0, 0.05) is 0 Å².